The molecule has 0 amide bonds. The van der Waals surface area contributed by atoms with Gasteiger partial charge in [0.15, 0.2) is 0 Å². The first-order valence-corrected chi connectivity index (χ1v) is 4.11. The van der Waals surface area contributed by atoms with E-state index >= 15 is 0 Å². The Balaban J connectivity index is 4.09. The van der Waals surface area contributed by atoms with Crippen LogP contribution in [0.2, 0.25) is 0 Å². The Hall–Kier alpha value is -1.22. The van der Waals surface area contributed by atoms with Crippen molar-refractivity contribution >= 4 is 0 Å². The van der Waals surface area contributed by atoms with Crippen LogP contribution in [-0.2, 0) is 4.74 Å². The molecule has 0 aliphatic heterocycles. The maximum absolute atomic E-state index is 5.71. The SMILES string of the molecule is C=C/C=C(/N)C(=C)N(C)CCOC. The zero-order valence-corrected chi connectivity index (χ0v) is 8.42. The predicted molar refractivity (Wildman–Crippen MR) is 56.1 cm³/mol. The highest BCUT2D eigenvalue weighted by molar-refractivity contribution is 5.26. The zero-order valence-electron chi connectivity index (χ0n) is 8.42. The van der Waals surface area contributed by atoms with E-state index in [1.165, 1.54) is 0 Å². The van der Waals surface area contributed by atoms with Crippen LogP contribution in [0.5, 0.6) is 0 Å². The van der Waals surface area contributed by atoms with Crippen molar-refractivity contribution in [3.63, 3.8) is 0 Å². The molecule has 0 atom stereocenters. The third-order valence-corrected chi connectivity index (χ3v) is 1.72. The minimum Gasteiger partial charge on any atom is -0.397 e. The van der Waals surface area contributed by atoms with Crippen molar-refractivity contribution in [3.8, 4) is 0 Å². The second kappa shape index (κ2) is 6.31. The molecule has 0 rings (SSSR count). The van der Waals surface area contributed by atoms with Crippen molar-refractivity contribution in [2.75, 3.05) is 27.3 Å². The normalized spacial score (nSPS) is 11.1. The lowest BCUT2D eigenvalue weighted by Gasteiger charge is -2.21. The first kappa shape index (κ1) is 11.8. The topological polar surface area (TPSA) is 38.5 Å². The fourth-order valence-electron chi connectivity index (χ4n) is 0.807. The van der Waals surface area contributed by atoms with Crippen LogP contribution in [0.15, 0.2) is 36.7 Å². The summed E-state index contributed by atoms with van der Waals surface area (Å²) >= 11 is 0. The summed E-state index contributed by atoms with van der Waals surface area (Å²) in [5, 5.41) is 0. The molecular formula is C10H18N2O. The highest BCUT2D eigenvalue weighted by atomic mass is 16.5. The summed E-state index contributed by atoms with van der Waals surface area (Å²) in [5.41, 5.74) is 7.13. The van der Waals surface area contributed by atoms with Gasteiger partial charge < -0.3 is 15.4 Å². The minimum absolute atomic E-state index is 0.633. The van der Waals surface area contributed by atoms with E-state index in [0.29, 0.717) is 12.3 Å². The van der Waals surface area contributed by atoms with E-state index in [9.17, 15) is 0 Å². The Morgan fingerprint density at radius 2 is 2.23 bits per heavy atom. The second-order valence-corrected chi connectivity index (χ2v) is 2.72. The highest BCUT2D eigenvalue weighted by Crippen LogP contribution is 2.05. The van der Waals surface area contributed by atoms with E-state index < -0.39 is 0 Å². The molecule has 0 unspecified atom stereocenters. The minimum atomic E-state index is 0.633. The van der Waals surface area contributed by atoms with E-state index in [1.807, 2.05) is 11.9 Å². The summed E-state index contributed by atoms with van der Waals surface area (Å²) in [6.07, 6.45) is 3.37. The maximum Gasteiger partial charge on any atom is 0.0637 e. The largest absolute Gasteiger partial charge is 0.397 e. The summed E-state index contributed by atoms with van der Waals surface area (Å²) in [4.78, 5) is 1.94. The molecule has 0 spiro atoms. The van der Waals surface area contributed by atoms with E-state index in [0.717, 1.165) is 12.2 Å². The van der Waals surface area contributed by atoms with Crippen LogP contribution in [0, 0.1) is 0 Å². The van der Waals surface area contributed by atoms with Crippen molar-refractivity contribution in [2.45, 2.75) is 0 Å². The van der Waals surface area contributed by atoms with Crippen LogP contribution in [0.1, 0.15) is 0 Å². The Morgan fingerprint density at radius 3 is 2.69 bits per heavy atom. The van der Waals surface area contributed by atoms with Crippen molar-refractivity contribution in [3.05, 3.63) is 36.7 Å². The number of allylic oxidation sites excluding steroid dienone is 2. The molecule has 0 bridgehead atoms. The average Bonchev–Trinajstić information content (AvgIpc) is 2.13. The average molecular weight is 182 g/mol. The number of hydrogen-bond donors (Lipinski definition) is 1. The van der Waals surface area contributed by atoms with Crippen molar-refractivity contribution in [1.82, 2.24) is 4.90 Å². The van der Waals surface area contributed by atoms with E-state index in [-0.39, 0.29) is 0 Å². The number of likely N-dealkylation sites (N-methyl/N-ethyl adjacent to an activating group) is 1. The molecule has 0 heterocycles. The standard InChI is InChI=1S/C10H18N2O/c1-5-6-10(11)9(2)12(3)7-8-13-4/h5-6H,1-2,7-8,11H2,3-4H3/b10-6+. The van der Waals surface area contributed by atoms with Gasteiger partial charge in [0, 0.05) is 20.7 Å². The molecule has 0 saturated carbocycles. The van der Waals surface area contributed by atoms with Gasteiger partial charge in [0.05, 0.1) is 18.0 Å². The molecule has 0 fully saturated rings. The highest BCUT2D eigenvalue weighted by Gasteiger charge is 2.02. The van der Waals surface area contributed by atoms with Gasteiger partial charge in [-0.15, -0.1) is 0 Å². The van der Waals surface area contributed by atoms with Gasteiger partial charge in [0.1, 0.15) is 0 Å². The predicted octanol–water partition coefficient (Wildman–Crippen LogP) is 1.11. The van der Waals surface area contributed by atoms with Crippen LogP contribution in [-0.4, -0.2) is 32.2 Å². The van der Waals surface area contributed by atoms with E-state index in [2.05, 4.69) is 13.2 Å². The molecule has 0 aliphatic rings. The van der Waals surface area contributed by atoms with Crippen LogP contribution in [0.4, 0.5) is 0 Å². The number of methoxy groups -OCH3 is 1. The van der Waals surface area contributed by atoms with Gasteiger partial charge in [0.2, 0.25) is 0 Å². The smallest absolute Gasteiger partial charge is 0.0637 e. The van der Waals surface area contributed by atoms with Crippen LogP contribution in [0.3, 0.4) is 0 Å². The summed E-state index contributed by atoms with van der Waals surface area (Å²) in [5.74, 6) is 0. The number of ether oxygens (including phenoxy) is 1. The number of nitrogens with zero attached hydrogens (tertiary/aromatic N) is 1. The third-order valence-electron chi connectivity index (χ3n) is 1.72. The summed E-state index contributed by atoms with van der Waals surface area (Å²) < 4.78 is 4.94. The molecule has 0 aromatic heterocycles. The first-order valence-electron chi connectivity index (χ1n) is 4.11. The Morgan fingerprint density at radius 1 is 1.62 bits per heavy atom. The van der Waals surface area contributed by atoms with E-state index in [1.54, 1.807) is 19.3 Å². The van der Waals surface area contributed by atoms with Crippen molar-refractivity contribution < 1.29 is 4.74 Å². The fraction of sp³-hybridized carbons (Fsp3) is 0.400. The summed E-state index contributed by atoms with van der Waals surface area (Å²) in [6.45, 7) is 8.86. The number of nitrogens with two attached hydrogens (primary N) is 1. The first-order chi connectivity index (χ1) is 6.13. The molecule has 0 saturated heterocycles. The monoisotopic (exact) mass is 182 g/mol. The van der Waals surface area contributed by atoms with Gasteiger partial charge in [-0.05, 0) is 6.08 Å². The molecule has 2 N–H and O–H groups in total. The molecule has 74 valence electrons. The Labute approximate surface area is 80.2 Å². The zero-order chi connectivity index (χ0) is 10.3. The molecule has 0 radical (unpaired) electrons. The van der Waals surface area contributed by atoms with Crippen molar-refractivity contribution in [2.24, 2.45) is 5.73 Å². The van der Waals surface area contributed by atoms with Gasteiger partial charge in [-0.2, -0.15) is 0 Å². The van der Waals surface area contributed by atoms with Crippen molar-refractivity contribution in [1.29, 1.82) is 0 Å². The quantitative estimate of drug-likeness (QED) is 0.625. The Bertz CT molecular complexity index is 209. The third kappa shape index (κ3) is 4.38. The molecular weight excluding hydrogens is 164 g/mol. The summed E-state index contributed by atoms with van der Waals surface area (Å²) in [7, 11) is 3.59. The molecule has 0 aliphatic carbocycles. The Kier molecular flexibility index (Phi) is 5.72. The van der Waals surface area contributed by atoms with Gasteiger partial charge in [-0.3, -0.25) is 0 Å². The van der Waals surface area contributed by atoms with E-state index in [4.69, 9.17) is 10.5 Å². The van der Waals surface area contributed by atoms with Crippen LogP contribution < -0.4 is 5.73 Å². The van der Waals surface area contributed by atoms with Gasteiger partial charge in [-0.1, -0.05) is 19.2 Å². The van der Waals surface area contributed by atoms with Gasteiger partial charge in [-0.25, -0.2) is 0 Å². The van der Waals surface area contributed by atoms with Gasteiger partial charge in [0.25, 0.3) is 0 Å². The lowest BCUT2D eigenvalue weighted by molar-refractivity contribution is 0.174. The fourth-order valence-corrected chi connectivity index (χ4v) is 0.807. The summed E-state index contributed by atoms with van der Waals surface area (Å²) in [6, 6.07) is 0. The second-order valence-electron chi connectivity index (χ2n) is 2.72. The molecule has 0 aromatic rings. The number of rotatable bonds is 6. The van der Waals surface area contributed by atoms with Crippen LogP contribution >= 0.6 is 0 Å². The lowest BCUT2D eigenvalue weighted by atomic mass is 10.3. The molecule has 0 aromatic carbocycles. The molecule has 13 heavy (non-hydrogen) atoms. The van der Waals surface area contributed by atoms with Gasteiger partial charge >= 0.3 is 0 Å². The van der Waals surface area contributed by atoms with Crippen LogP contribution in [0.25, 0.3) is 0 Å². The molecule has 3 heteroatoms. The number of hydrogen-bond acceptors (Lipinski definition) is 3. The molecule has 3 nitrogen and oxygen atoms in total. The lowest BCUT2D eigenvalue weighted by Crippen LogP contribution is -2.24. The maximum atomic E-state index is 5.71.